The van der Waals surface area contributed by atoms with Gasteiger partial charge in [0.1, 0.15) is 17.2 Å². The Labute approximate surface area is 125 Å². The first-order chi connectivity index (χ1) is 9.89. The standard InChI is InChI=1S/C13H13ClF2N2O2S/c14-5-12-17-13-10(16)3-9(15)4-11(13)18(12)6-8-1-2-21(19,20)7-8/h3-4,8H,1-2,5-7H2. The van der Waals surface area contributed by atoms with Crippen molar-refractivity contribution in [2.45, 2.75) is 18.8 Å². The normalized spacial score (nSPS) is 21.2. The summed E-state index contributed by atoms with van der Waals surface area (Å²) in [5, 5.41) is 0. The van der Waals surface area contributed by atoms with Crippen LogP contribution in [0.2, 0.25) is 0 Å². The van der Waals surface area contributed by atoms with Gasteiger partial charge >= 0.3 is 0 Å². The van der Waals surface area contributed by atoms with E-state index in [0.29, 0.717) is 24.3 Å². The van der Waals surface area contributed by atoms with E-state index in [2.05, 4.69) is 4.98 Å². The van der Waals surface area contributed by atoms with E-state index in [0.717, 1.165) is 6.07 Å². The molecule has 1 fully saturated rings. The van der Waals surface area contributed by atoms with Crippen molar-refractivity contribution >= 4 is 32.5 Å². The summed E-state index contributed by atoms with van der Waals surface area (Å²) in [4.78, 5) is 4.09. The molecule has 21 heavy (non-hydrogen) atoms. The van der Waals surface area contributed by atoms with Crippen LogP contribution < -0.4 is 0 Å². The van der Waals surface area contributed by atoms with Crippen molar-refractivity contribution in [2.75, 3.05) is 11.5 Å². The van der Waals surface area contributed by atoms with Gasteiger partial charge < -0.3 is 4.57 Å². The summed E-state index contributed by atoms with van der Waals surface area (Å²) in [6.45, 7) is 0.348. The summed E-state index contributed by atoms with van der Waals surface area (Å²) >= 11 is 5.82. The molecule has 0 N–H and O–H groups in total. The van der Waals surface area contributed by atoms with Gasteiger partial charge in [-0.05, 0) is 18.4 Å². The van der Waals surface area contributed by atoms with Crippen LogP contribution in [-0.4, -0.2) is 29.5 Å². The van der Waals surface area contributed by atoms with Crippen LogP contribution in [0.3, 0.4) is 0 Å². The number of sulfone groups is 1. The Balaban J connectivity index is 2.04. The van der Waals surface area contributed by atoms with E-state index in [1.54, 1.807) is 4.57 Å². The lowest BCUT2D eigenvalue weighted by Gasteiger charge is -2.12. The van der Waals surface area contributed by atoms with Crippen LogP contribution in [0.1, 0.15) is 12.2 Å². The second-order valence-corrected chi connectivity index (χ2v) is 7.79. The third-order valence-electron chi connectivity index (χ3n) is 3.74. The fourth-order valence-corrected chi connectivity index (χ4v) is 4.83. The lowest BCUT2D eigenvalue weighted by Crippen LogP contribution is -2.14. The predicted octanol–water partition coefficient (Wildman–Crippen LogP) is 2.49. The van der Waals surface area contributed by atoms with Crippen LogP contribution in [0.4, 0.5) is 8.78 Å². The third-order valence-corrected chi connectivity index (χ3v) is 5.81. The molecule has 2 heterocycles. The first-order valence-electron chi connectivity index (χ1n) is 6.50. The van der Waals surface area contributed by atoms with E-state index in [9.17, 15) is 17.2 Å². The fourth-order valence-electron chi connectivity index (χ4n) is 2.78. The summed E-state index contributed by atoms with van der Waals surface area (Å²) in [6, 6.07) is 1.97. The summed E-state index contributed by atoms with van der Waals surface area (Å²) in [7, 11) is -3.00. The monoisotopic (exact) mass is 334 g/mol. The first kappa shape index (κ1) is 14.7. The number of imidazole rings is 1. The first-order valence-corrected chi connectivity index (χ1v) is 8.86. The van der Waals surface area contributed by atoms with Crippen molar-refractivity contribution in [3.05, 3.63) is 29.6 Å². The highest BCUT2D eigenvalue weighted by Gasteiger charge is 2.29. The van der Waals surface area contributed by atoms with E-state index in [1.165, 1.54) is 6.07 Å². The lowest BCUT2D eigenvalue weighted by atomic mass is 10.1. The number of aromatic nitrogens is 2. The maximum atomic E-state index is 13.8. The molecule has 1 aromatic heterocycles. The van der Waals surface area contributed by atoms with E-state index < -0.39 is 21.5 Å². The number of nitrogens with zero attached hydrogens (tertiary/aromatic N) is 2. The Morgan fingerprint density at radius 3 is 2.76 bits per heavy atom. The number of alkyl halides is 1. The molecule has 2 aromatic rings. The Kier molecular flexibility index (Phi) is 3.65. The van der Waals surface area contributed by atoms with Gasteiger partial charge in [-0.15, -0.1) is 11.6 Å². The molecule has 8 heteroatoms. The van der Waals surface area contributed by atoms with Crippen LogP contribution >= 0.6 is 11.6 Å². The molecule has 1 saturated heterocycles. The zero-order chi connectivity index (χ0) is 15.2. The average molecular weight is 335 g/mol. The van der Waals surface area contributed by atoms with Crippen molar-refractivity contribution in [1.82, 2.24) is 9.55 Å². The van der Waals surface area contributed by atoms with Crippen molar-refractivity contribution in [2.24, 2.45) is 5.92 Å². The van der Waals surface area contributed by atoms with Crippen molar-refractivity contribution in [3.8, 4) is 0 Å². The van der Waals surface area contributed by atoms with Crippen molar-refractivity contribution < 1.29 is 17.2 Å². The molecular formula is C13H13ClF2N2O2S. The lowest BCUT2D eigenvalue weighted by molar-refractivity contribution is 0.490. The van der Waals surface area contributed by atoms with Gasteiger partial charge in [-0.2, -0.15) is 0 Å². The van der Waals surface area contributed by atoms with Crippen molar-refractivity contribution in [3.63, 3.8) is 0 Å². The molecule has 0 amide bonds. The maximum absolute atomic E-state index is 13.8. The van der Waals surface area contributed by atoms with E-state index in [4.69, 9.17) is 11.6 Å². The number of benzene rings is 1. The minimum atomic E-state index is -3.00. The second kappa shape index (κ2) is 5.21. The Morgan fingerprint density at radius 1 is 1.38 bits per heavy atom. The minimum Gasteiger partial charge on any atom is -0.326 e. The van der Waals surface area contributed by atoms with Gasteiger partial charge in [-0.25, -0.2) is 22.2 Å². The van der Waals surface area contributed by atoms with Crippen LogP contribution in [-0.2, 0) is 22.3 Å². The largest absolute Gasteiger partial charge is 0.326 e. The molecule has 1 atom stereocenters. The zero-order valence-corrected chi connectivity index (χ0v) is 12.6. The van der Waals surface area contributed by atoms with E-state index in [1.807, 2.05) is 0 Å². The molecule has 114 valence electrons. The smallest absolute Gasteiger partial charge is 0.153 e. The molecule has 0 aliphatic carbocycles. The summed E-state index contributed by atoms with van der Waals surface area (Å²) in [5.74, 6) is -0.804. The van der Waals surface area contributed by atoms with Crippen LogP contribution in [0.5, 0.6) is 0 Å². The predicted molar refractivity (Wildman–Crippen MR) is 76.0 cm³/mol. The molecule has 1 aliphatic heterocycles. The molecule has 0 radical (unpaired) electrons. The Morgan fingerprint density at radius 2 is 2.14 bits per heavy atom. The highest BCUT2D eigenvalue weighted by atomic mass is 35.5. The number of hydrogen-bond donors (Lipinski definition) is 0. The molecular weight excluding hydrogens is 322 g/mol. The van der Waals surface area contributed by atoms with Gasteiger partial charge in [-0.3, -0.25) is 0 Å². The van der Waals surface area contributed by atoms with E-state index in [-0.39, 0.29) is 28.8 Å². The molecule has 1 aromatic carbocycles. The highest BCUT2D eigenvalue weighted by Crippen LogP contribution is 2.26. The molecule has 1 unspecified atom stereocenters. The number of halogens is 3. The molecule has 4 nitrogen and oxygen atoms in total. The topological polar surface area (TPSA) is 52.0 Å². The van der Waals surface area contributed by atoms with Crippen LogP contribution in [0.25, 0.3) is 11.0 Å². The molecule has 0 bridgehead atoms. The molecule has 0 saturated carbocycles. The van der Waals surface area contributed by atoms with Gasteiger partial charge in [0.15, 0.2) is 15.7 Å². The number of fused-ring (bicyclic) bond motifs is 1. The van der Waals surface area contributed by atoms with Gasteiger partial charge in [-0.1, -0.05) is 0 Å². The Bertz CT molecular complexity index is 804. The summed E-state index contributed by atoms with van der Waals surface area (Å²) in [5.41, 5.74) is 0.375. The van der Waals surface area contributed by atoms with Crippen LogP contribution in [0.15, 0.2) is 12.1 Å². The quantitative estimate of drug-likeness (QED) is 0.810. The van der Waals surface area contributed by atoms with Gasteiger partial charge in [0.2, 0.25) is 0 Å². The maximum Gasteiger partial charge on any atom is 0.153 e. The summed E-state index contributed by atoms with van der Waals surface area (Å²) in [6.07, 6.45) is 0.543. The van der Waals surface area contributed by atoms with Crippen LogP contribution in [0, 0.1) is 17.6 Å². The zero-order valence-electron chi connectivity index (χ0n) is 11.0. The van der Waals surface area contributed by atoms with Gasteiger partial charge in [0.05, 0.1) is 22.9 Å². The van der Waals surface area contributed by atoms with Gasteiger partial charge in [0, 0.05) is 12.6 Å². The minimum absolute atomic E-state index is 0.0508. The highest BCUT2D eigenvalue weighted by molar-refractivity contribution is 7.91. The second-order valence-electron chi connectivity index (χ2n) is 5.30. The van der Waals surface area contributed by atoms with Crippen molar-refractivity contribution in [1.29, 1.82) is 0 Å². The molecule has 0 spiro atoms. The number of rotatable bonds is 3. The summed E-state index contributed by atoms with van der Waals surface area (Å²) < 4.78 is 51.9. The Hall–Kier alpha value is -1.21. The van der Waals surface area contributed by atoms with E-state index >= 15 is 0 Å². The average Bonchev–Trinajstić information content (AvgIpc) is 2.91. The number of hydrogen-bond acceptors (Lipinski definition) is 3. The third kappa shape index (κ3) is 2.76. The SMILES string of the molecule is O=S1(=O)CCC(Cn2c(CCl)nc3c(F)cc(F)cc32)C1. The molecule has 1 aliphatic rings. The fraction of sp³-hybridized carbons (Fsp3) is 0.462. The van der Waals surface area contributed by atoms with Gasteiger partial charge in [0.25, 0.3) is 0 Å². The molecule has 3 rings (SSSR count).